The van der Waals surface area contributed by atoms with E-state index < -0.39 is 0 Å². The van der Waals surface area contributed by atoms with Crippen LogP contribution in [-0.4, -0.2) is 18.9 Å². The zero-order valence-corrected chi connectivity index (χ0v) is 17.2. The first-order valence-electron chi connectivity index (χ1n) is 10.3. The second-order valence-electron chi connectivity index (χ2n) is 7.88. The minimum Gasteiger partial charge on any atom is -0.469 e. The summed E-state index contributed by atoms with van der Waals surface area (Å²) in [7, 11) is 1.44. The number of esters is 1. The van der Waals surface area contributed by atoms with Crippen molar-refractivity contribution in [2.24, 2.45) is 23.7 Å². The van der Waals surface area contributed by atoms with Crippen LogP contribution in [0.15, 0.2) is 24.3 Å². The van der Waals surface area contributed by atoms with Crippen LogP contribution in [0.5, 0.6) is 0 Å². The van der Waals surface area contributed by atoms with Gasteiger partial charge in [-0.15, -0.1) is 0 Å². The van der Waals surface area contributed by atoms with E-state index in [1.807, 2.05) is 13.0 Å². The van der Waals surface area contributed by atoms with Gasteiger partial charge < -0.3 is 4.74 Å². The Kier molecular flexibility index (Phi) is 11.2. The molecule has 0 aliphatic heterocycles. The number of carbonyl (C=O) groups excluding carboxylic acids is 2. The maximum atomic E-state index is 12.1. The van der Waals surface area contributed by atoms with Crippen molar-refractivity contribution in [2.45, 2.75) is 78.6 Å². The molecule has 0 aromatic carbocycles. The number of allylic oxidation sites excluding steroid dienone is 4. The first kappa shape index (κ1) is 22.7. The number of ether oxygens (including phenoxy) is 1. The van der Waals surface area contributed by atoms with Gasteiger partial charge in [0.1, 0.15) is 5.78 Å². The Morgan fingerprint density at radius 1 is 0.962 bits per heavy atom. The maximum Gasteiger partial charge on any atom is 0.305 e. The van der Waals surface area contributed by atoms with E-state index in [1.54, 1.807) is 0 Å². The third kappa shape index (κ3) is 8.33. The molecule has 3 heteroatoms. The quantitative estimate of drug-likeness (QED) is 0.247. The molecule has 0 heterocycles. The highest BCUT2D eigenvalue weighted by Crippen LogP contribution is 2.45. The molecule has 0 amide bonds. The van der Waals surface area contributed by atoms with Gasteiger partial charge in [-0.25, -0.2) is 0 Å². The van der Waals surface area contributed by atoms with Gasteiger partial charge in [0.05, 0.1) is 7.11 Å². The maximum absolute atomic E-state index is 12.1. The molecule has 0 spiro atoms. The number of carbonyl (C=O) groups is 2. The van der Waals surface area contributed by atoms with E-state index in [-0.39, 0.29) is 5.97 Å². The van der Waals surface area contributed by atoms with E-state index in [0.29, 0.717) is 36.4 Å². The number of Topliss-reactive ketones (excluding diaryl/α,β-unsaturated/α-hetero) is 1. The summed E-state index contributed by atoms with van der Waals surface area (Å²) in [5.74, 6) is 3.07. The number of hydrogen-bond donors (Lipinski definition) is 0. The first-order chi connectivity index (χ1) is 12.5. The van der Waals surface area contributed by atoms with Crippen molar-refractivity contribution in [3.8, 4) is 0 Å². The van der Waals surface area contributed by atoms with Crippen molar-refractivity contribution in [3.05, 3.63) is 24.3 Å². The molecule has 26 heavy (non-hydrogen) atoms. The lowest BCUT2D eigenvalue weighted by molar-refractivity contribution is -0.140. The molecule has 1 aliphatic rings. The lowest BCUT2D eigenvalue weighted by Gasteiger charge is -2.23. The van der Waals surface area contributed by atoms with Gasteiger partial charge in [0.25, 0.3) is 0 Å². The Morgan fingerprint density at radius 3 is 2.38 bits per heavy atom. The molecule has 1 saturated carbocycles. The molecule has 4 atom stereocenters. The van der Waals surface area contributed by atoms with E-state index in [2.05, 4.69) is 36.8 Å². The van der Waals surface area contributed by atoms with Gasteiger partial charge in [0, 0.05) is 19.3 Å². The standard InChI is InChI=1S/C23H38O3/c1-5-6-9-12-20(24)15-16-22-19(3)17-18(2)21(22)13-10-7-8-11-14-23(25)26-4/h5-7,10,18-19,21-22H,8-9,11-17H2,1-4H3/b6-5+,10-7+. The number of unbranched alkanes of at least 4 members (excludes halogenated alkanes) is 1. The highest BCUT2D eigenvalue weighted by Gasteiger charge is 2.37. The summed E-state index contributed by atoms with van der Waals surface area (Å²) in [5, 5.41) is 0. The van der Waals surface area contributed by atoms with Crippen molar-refractivity contribution in [1.82, 2.24) is 0 Å². The van der Waals surface area contributed by atoms with Gasteiger partial charge in [0.15, 0.2) is 0 Å². The Labute approximate surface area is 160 Å². The molecule has 1 aliphatic carbocycles. The molecule has 1 rings (SSSR count). The largest absolute Gasteiger partial charge is 0.469 e. The van der Waals surface area contributed by atoms with Crippen molar-refractivity contribution in [2.75, 3.05) is 7.11 Å². The number of hydrogen-bond acceptors (Lipinski definition) is 3. The molecular formula is C23H38O3. The van der Waals surface area contributed by atoms with Crippen LogP contribution in [0.2, 0.25) is 0 Å². The van der Waals surface area contributed by atoms with Crippen LogP contribution < -0.4 is 0 Å². The van der Waals surface area contributed by atoms with E-state index in [1.165, 1.54) is 13.5 Å². The van der Waals surface area contributed by atoms with Crippen LogP contribution in [-0.2, 0) is 14.3 Å². The fraction of sp³-hybridized carbons (Fsp3) is 0.739. The molecule has 0 bridgehead atoms. The average molecular weight is 363 g/mol. The van der Waals surface area contributed by atoms with Gasteiger partial charge in [-0.2, -0.15) is 0 Å². The van der Waals surface area contributed by atoms with E-state index >= 15 is 0 Å². The Morgan fingerprint density at radius 2 is 1.69 bits per heavy atom. The molecule has 148 valence electrons. The predicted octanol–water partition coefficient (Wildman–Crippen LogP) is 5.89. The van der Waals surface area contributed by atoms with Crippen LogP contribution in [0.25, 0.3) is 0 Å². The molecule has 0 radical (unpaired) electrons. The smallest absolute Gasteiger partial charge is 0.305 e. The SMILES string of the molecule is C/C=C/CCC(=O)CCC1C(C)CC(C)C1C/C=C/CCCC(=O)OC. The number of ketones is 1. The number of rotatable bonds is 12. The van der Waals surface area contributed by atoms with Crippen LogP contribution in [0.3, 0.4) is 0 Å². The predicted molar refractivity (Wildman–Crippen MR) is 108 cm³/mol. The third-order valence-electron chi connectivity index (χ3n) is 5.89. The summed E-state index contributed by atoms with van der Waals surface area (Å²) in [6.45, 7) is 6.71. The summed E-state index contributed by atoms with van der Waals surface area (Å²) >= 11 is 0. The van der Waals surface area contributed by atoms with Gasteiger partial charge >= 0.3 is 5.97 Å². The van der Waals surface area contributed by atoms with Crippen LogP contribution in [0.1, 0.15) is 78.6 Å². The summed E-state index contributed by atoms with van der Waals surface area (Å²) in [6.07, 6.45) is 16.6. The second kappa shape index (κ2) is 12.9. The van der Waals surface area contributed by atoms with E-state index in [0.717, 1.165) is 44.4 Å². The highest BCUT2D eigenvalue weighted by atomic mass is 16.5. The van der Waals surface area contributed by atoms with Gasteiger partial charge in [0.2, 0.25) is 0 Å². The van der Waals surface area contributed by atoms with E-state index in [9.17, 15) is 9.59 Å². The Bertz CT molecular complexity index is 478. The van der Waals surface area contributed by atoms with Crippen LogP contribution in [0.4, 0.5) is 0 Å². The minimum absolute atomic E-state index is 0.129. The first-order valence-corrected chi connectivity index (χ1v) is 10.3. The fourth-order valence-electron chi connectivity index (χ4n) is 4.39. The normalized spacial score (nSPS) is 26.0. The zero-order valence-electron chi connectivity index (χ0n) is 17.2. The van der Waals surface area contributed by atoms with Crippen molar-refractivity contribution in [1.29, 1.82) is 0 Å². The molecule has 1 fully saturated rings. The molecule has 0 N–H and O–H groups in total. The van der Waals surface area contributed by atoms with Gasteiger partial charge in [-0.1, -0.05) is 38.2 Å². The number of methoxy groups -OCH3 is 1. The topological polar surface area (TPSA) is 43.4 Å². The monoisotopic (exact) mass is 362 g/mol. The fourth-order valence-corrected chi connectivity index (χ4v) is 4.39. The second-order valence-corrected chi connectivity index (χ2v) is 7.88. The molecule has 3 nitrogen and oxygen atoms in total. The van der Waals surface area contributed by atoms with Gasteiger partial charge in [-0.05, 0) is 69.1 Å². The van der Waals surface area contributed by atoms with Crippen molar-refractivity contribution < 1.29 is 14.3 Å². The Hall–Kier alpha value is -1.38. The molecular weight excluding hydrogens is 324 g/mol. The summed E-state index contributed by atoms with van der Waals surface area (Å²) in [5.41, 5.74) is 0. The third-order valence-corrected chi connectivity index (χ3v) is 5.89. The summed E-state index contributed by atoms with van der Waals surface area (Å²) < 4.78 is 4.66. The Balaban J connectivity index is 2.38. The lowest BCUT2D eigenvalue weighted by Crippen LogP contribution is -2.17. The highest BCUT2D eigenvalue weighted by molar-refractivity contribution is 5.78. The lowest BCUT2D eigenvalue weighted by atomic mass is 9.81. The van der Waals surface area contributed by atoms with Crippen LogP contribution >= 0.6 is 0 Å². The van der Waals surface area contributed by atoms with Crippen molar-refractivity contribution >= 4 is 11.8 Å². The molecule has 4 unspecified atom stereocenters. The summed E-state index contributed by atoms with van der Waals surface area (Å²) in [4.78, 5) is 23.2. The van der Waals surface area contributed by atoms with Crippen molar-refractivity contribution in [3.63, 3.8) is 0 Å². The van der Waals surface area contributed by atoms with Crippen LogP contribution in [0, 0.1) is 23.7 Å². The molecule has 0 saturated heterocycles. The van der Waals surface area contributed by atoms with E-state index in [4.69, 9.17) is 0 Å². The van der Waals surface area contributed by atoms with Gasteiger partial charge in [-0.3, -0.25) is 9.59 Å². The molecule has 0 aromatic rings. The minimum atomic E-state index is -0.129. The average Bonchev–Trinajstić information content (AvgIpc) is 2.89. The molecule has 0 aromatic heterocycles. The summed E-state index contributed by atoms with van der Waals surface area (Å²) in [6, 6.07) is 0. The zero-order chi connectivity index (χ0) is 19.4.